The molecule has 1 heterocycles. The summed E-state index contributed by atoms with van der Waals surface area (Å²) in [4.78, 5) is 20.5. The summed E-state index contributed by atoms with van der Waals surface area (Å²) >= 11 is 0. The van der Waals surface area contributed by atoms with Crippen LogP contribution in [0.15, 0.2) is 0 Å². The normalized spacial score (nSPS) is 10.1. The third-order valence-electron chi connectivity index (χ3n) is 1.89. The first kappa shape index (κ1) is 12.0. The summed E-state index contributed by atoms with van der Waals surface area (Å²) in [5, 5.41) is 23.1. The number of carboxylic acid groups (broad SMARTS) is 1. The fourth-order valence-corrected chi connectivity index (χ4v) is 1.26. The molecule has 0 unspecified atom stereocenters. The van der Waals surface area contributed by atoms with Gasteiger partial charge in [-0.3, -0.25) is 10.1 Å². The zero-order valence-electron chi connectivity index (χ0n) is 8.84. The molecule has 0 aliphatic rings. The molecule has 0 aliphatic carbocycles. The van der Waals surface area contributed by atoms with Gasteiger partial charge < -0.3 is 9.84 Å². The van der Waals surface area contributed by atoms with E-state index >= 15 is 0 Å². The zero-order valence-corrected chi connectivity index (χ0v) is 8.84. The van der Waals surface area contributed by atoms with E-state index in [1.165, 1.54) is 11.7 Å². The molecule has 0 atom stereocenters. The van der Waals surface area contributed by atoms with Gasteiger partial charge in [-0.05, 0) is 6.42 Å². The van der Waals surface area contributed by atoms with E-state index in [0.29, 0.717) is 6.42 Å². The van der Waals surface area contributed by atoms with E-state index in [1.807, 2.05) is 0 Å². The van der Waals surface area contributed by atoms with Gasteiger partial charge in [0.2, 0.25) is 0 Å². The topological polar surface area (TPSA) is 107 Å². The molecule has 0 bridgehead atoms. The Bertz CT molecular complexity index is 426. The van der Waals surface area contributed by atoms with Gasteiger partial charge in [0.1, 0.15) is 5.69 Å². The first-order valence-corrected chi connectivity index (χ1v) is 4.52. The largest absolute Gasteiger partial charge is 0.479 e. The highest BCUT2D eigenvalue weighted by Crippen LogP contribution is 2.30. The Labute approximate surface area is 90.6 Å². The van der Waals surface area contributed by atoms with Crippen LogP contribution >= 0.6 is 0 Å². The van der Waals surface area contributed by atoms with Crippen molar-refractivity contribution < 1.29 is 19.6 Å². The zero-order chi connectivity index (χ0) is 12.3. The monoisotopic (exact) mass is 229 g/mol. The molecule has 88 valence electrons. The second-order valence-electron chi connectivity index (χ2n) is 3.02. The van der Waals surface area contributed by atoms with Crippen LogP contribution in [-0.4, -0.2) is 32.4 Å². The van der Waals surface area contributed by atoms with Crippen molar-refractivity contribution in [3.8, 4) is 5.88 Å². The van der Waals surface area contributed by atoms with Crippen molar-refractivity contribution in [1.82, 2.24) is 9.78 Å². The molecule has 0 amide bonds. The highest BCUT2D eigenvalue weighted by molar-refractivity contribution is 5.68. The lowest BCUT2D eigenvalue weighted by Crippen LogP contribution is -2.12. The fraction of sp³-hybridized carbons (Fsp3) is 0.500. The predicted octanol–water partition coefficient (Wildman–Crippen LogP) is 0.354. The van der Waals surface area contributed by atoms with Crippen molar-refractivity contribution in [2.45, 2.75) is 13.3 Å². The van der Waals surface area contributed by atoms with E-state index in [4.69, 9.17) is 9.84 Å². The summed E-state index contributed by atoms with van der Waals surface area (Å²) in [5.74, 6) is -1.34. The molecule has 1 N–H and O–H groups in total. The SMILES string of the molecule is CCc1nn(C)c(OCC(=O)O)c1[N+](=O)[O-]. The maximum atomic E-state index is 10.8. The van der Waals surface area contributed by atoms with Crippen LogP contribution in [0.2, 0.25) is 0 Å². The number of aliphatic carboxylic acids is 1. The van der Waals surface area contributed by atoms with Gasteiger partial charge in [0.15, 0.2) is 6.61 Å². The Balaban J connectivity index is 3.10. The molecule has 16 heavy (non-hydrogen) atoms. The van der Waals surface area contributed by atoms with Crippen molar-refractivity contribution in [2.24, 2.45) is 7.05 Å². The standard InChI is InChI=1S/C8H11N3O5/c1-3-5-7(11(14)15)8(10(2)9-5)16-4-6(12)13/h3-4H2,1-2H3,(H,12,13). The molecule has 1 rings (SSSR count). The number of rotatable bonds is 5. The fourth-order valence-electron chi connectivity index (χ4n) is 1.26. The summed E-state index contributed by atoms with van der Waals surface area (Å²) in [6.45, 7) is 1.08. The van der Waals surface area contributed by atoms with E-state index in [0.717, 1.165) is 0 Å². The molecule has 0 spiro atoms. The van der Waals surface area contributed by atoms with Crippen LogP contribution in [0.3, 0.4) is 0 Å². The number of hydrogen-bond acceptors (Lipinski definition) is 5. The first-order valence-electron chi connectivity index (χ1n) is 4.52. The lowest BCUT2D eigenvalue weighted by Gasteiger charge is -2.01. The maximum Gasteiger partial charge on any atom is 0.353 e. The number of aryl methyl sites for hydroxylation is 2. The van der Waals surface area contributed by atoms with Crippen LogP contribution in [0.4, 0.5) is 5.69 Å². The van der Waals surface area contributed by atoms with Crippen LogP contribution in [0.5, 0.6) is 5.88 Å². The number of ether oxygens (including phenoxy) is 1. The van der Waals surface area contributed by atoms with Crippen LogP contribution in [-0.2, 0) is 18.3 Å². The third-order valence-corrected chi connectivity index (χ3v) is 1.89. The van der Waals surface area contributed by atoms with Crippen LogP contribution in [0, 0.1) is 10.1 Å². The molecule has 1 aromatic heterocycles. The van der Waals surface area contributed by atoms with Gasteiger partial charge in [-0.1, -0.05) is 6.92 Å². The number of carboxylic acids is 1. The Kier molecular flexibility index (Phi) is 3.44. The number of aromatic nitrogens is 2. The molecule has 0 saturated heterocycles. The van der Waals surface area contributed by atoms with E-state index in [-0.39, 0.29) is 17.3 Å². The molecule has 0 radical (unpaired) electrons. The summed E-state index contributed by atoms with van der Waals surface area (Å²) in [6.07, 6.45) is 0.376. The minimum atomic E-state index is -1.20. The summed E-state index contributed by atoms with van der Waals surface area (Å²) < 4.78 is 6.00. The Morgan fingerprint density at radius 1 is 1.69 bits per heavy atom. The molecule has 8 nitrogen and oxygen atoms in total. The maximum absolute atomic E-state index is 10.8. The number of carbonyl (C=O) groups is 1. The Morgan fingerprint density at radius 2 is 2.31 bits per heavy atom. The Hall–Kier alpha value is -2.12. The summed E-state index contributed by atoms with van der Waals surface area (Å²) in [6, 6.07) is 0. The van der Waals surface area contributed by atoms with E-state index in [2.05, 4.69) is 5.10 Å². The van der Waals surface area contributed by atoms with Crippen molar-refractivity contribution in [3.63, 3.8) is 0 Å². The van der Waals surface area contributed by atoms with Crippen molar-refractivity contribution in [3.05, 3.63) is 15.8 Å². The lowest BCUT2D eigenvalue weighted by molar-refractivity contribution is -0.386. The van der Waals surface area contributed by atoms with Gasteiger partial charge in [0, 0.05) is 7.05 Å². The average Bonchev–Trinajstić information content (AvgIpc) is 2.51. The quantitative estimate of drug-likeness (QED) is 0.576. The van der Waals surface area contributed by atoms with Gasteiger partial charge in [-0.2, -0.15) is 5.10 Å². The van der Waals surface area contributed by atoms with E-state index < -0.39 is 17.5 Å². The smallest absolute Gasteiger partial charge is 0.353 e. The number of nitrogens with zero attached hydrogens (tertiary/aromatic N) is 3. The van der Waals surface area contributed by atoms with E-state index in [9.17, 15) is 14.9 Å². The molecule has 0 aromatic carbocycles. The van der Waals surface area contributed by atoms with Gasteiger partial charge in [-0.25, -0.2) is 9.48 Å². The van der Waals surface area contributed by atoms with Gasteiger partial charge >= 0.3 is 11.7 Å². The molecular formula is C8H11N3O5. The average molecular weight is 229 g/mol. The number of hydrogen-bond donors (Lipinski definition) is 1. The minimum absolute atomic E-state index is 0.135. The van der Waals surface area contributed by atoms with Crippen LogP contribution in [0.1, 0.15) is 12.6 Å². The number of nitro groups is 1. The highest BCUT2D eigenvalue weighted by Gasteiger charge is 2.27. The van der Waals surface area contributed by atoms with E-state index in [1.54, 1.807) is 6.92 Å². The molecule has 0 saturated carbocycles. The predicted molar refractivity (Wildman–Crippen MR) is 52.4 cm³/mol. The second kappa shape index (κ2) is 4.60. The van der Waals surface area contributed by atoms with Gasteiger partial charge in [0.25, 0.3) is 5.88 Å². The van der Waals surface area contributed by atoms with Gasteiger partial charge in [-0.15, -0.1) is 0 Å². The van der Waals surface area contributed by atoms with Crippen LogP contribution < -0.4 is 4.74 Å². The summed E-state index contributed by atoms with van der Waals surface area (Å²) in [7, 11) is 1.46. The second-order valence-corrected chi connectivity index (χ2v) is 3.02. The lowest BCUT2D eigenvalue weighted by atomic mass is 10.3. The molecule has 1 aromatic rings. The first-order chi connectivity index (χ1) is 7.47. The van der Waals surface area contributed by atoms with Gasteiger partial charge in [0.05, 0.1) is 4.92 Å². The van der Waals surface area contributed by atoms with Crippen molar-refractivity contribution >= 4 is 11.7 Å². The molecule has 0 fully saturated rings. The minimum Gasteiger partial charge on any atom is -0.479 e. The van der Waals surface area contributed by atoms with Crippen molar-refractivity contribution in [1.29, 1.82) is 0 Å². The Morgan fingerprint density at radius 3 is 2.75 bits per heavy atom. The van der Waals surface area contributed by atoms with Crippen LogP contribution in [0.25, 0.3) is 0 Å². The summed E-state index contributed by atoms with van der Waals surface area (Å²) in [5.41, 5.74) is -0.000797. The molecule has 8 heteroatoms. The molecule has 0 aliphatic heterocycles. The molecular weight excluding hydrogens is 218 g/mol. The van der Waals surface area contributed by atoms with Crippen molar-refractivity contribution in [2.75, 3.05) is 6.61 Å². The third kappa shape index (κ3) is 2.27. The highest BCUT2D eigenvalue weighted by atomic mass is 16.6.